The van der Waals surface area contributed by atoms with E-state index in [1.165, 1.54) is 6.07 Å². The van der Waals surface area contributed by atoms with E-state index in [4.69, 9.17) is 4.74 Å². The van der Waals surface area contributed by atoms with E-state index in [2.05, 4.69) is 4.72 Å². The van der Waals surface area contributed by atoms with Crippen LogP contribution in [0.4, 0.5) is 5.69 Å². The highest BCUT2D eigenvalue weighted by Crippen LogP contribution is 2.26. The van der Waals surface area contributed by atoms with Crippen LogP contribution in [0.3, 0.4) is 0 Å². The first-order valence-electron chi connectivity index (χ1n) is 8.04. The third-order valence-electron chi connectivity index (χ3n) is 3.87. The maximum atomic E-state index is 12.9. The van der Waals surface area contributed by atoms with Crippen LogP contribution in [0, 0.1) is 27.7 Å². The molecule has 134 valence electrons. The van der Waals surface area contributed by atoms with Crippen molar-refractivity contribution >= 4 is 21.7 Å². The minimum absolute atomic E-state index is 0.259. The number of aryl methyl sites for hydroxylation is 4. The molecule has 2 aromatic carbocycles. The number of benzene rings is 2. The first kappa shape index (κ1) is 19.0. The van der Waals surface area contributed by atoms with Gasteiger partial charge in [0.05, 0.1) is 22.8 Å². The van der Waals surface area contributed by atoms with Gasteiger partial charge in [0.15, 0.2) is 0 Å². The fourth-order valence-electron chi connectivity index (χ4n) is 2.86. The molecule has 0 bridgehead atoms. The Bertz CT molecular complexity index is 894. The zero-order valence-corrected chi connectivity index (χ0v) is 16.0. The Labute approximate surface area is 149 Å². The minimum atomic E-state index is -3.77. The van der Waals surface area contributed by atoms with Crippen LogP contribution in [0.15, 0.2) is 35.2 Å². The number of hydrogen-bond acceptors (Lipinski definition) is 4. The van der Waals surface area contributed by atoms with Gasteiger partial charge in [0.2, 0.25) is 0 Å². The topological polar surface area (TPSA) is 72.5 Å². The van der Waals surface area contributed by atoms with Gasteiger partial charge in [0.25, 0.3) is 10.0 Å². The van der Waals surface area contributed by atoms with Gasteiger partial charge < -0.3 is 4.74 Å². The van der Waals surface area contributed by atoms with Crippen molar-refractivity contribution in [3.05, 3.63) is 58.1 Å². The summed E-state index contributed by atoms with van der Waals surface area (Å²) in [4.78, 5) is 12.2. The highest BCUT2D eigenvalue weighted by Gasteiger charge is 2.21. The normalized spacial score (nSPS) is 11.2. The molecular formula is C19H23NO4S. The summed E-state index contributed by atoms with van der Waals surface area (Å²) >= 11 is 0. The molecule has 25 heavy (non-hydrogen) atoms. The van der Waals surface area contributed by atoms with E-state index in [9.17, 15) is 13.2 Å². The van der Waals surface area contributed by atoms with E-state index >= 15 is 0 Å². The van der Waals surface area contributed by atoms with Crippen molar-refractivity contribution in [1.29, 1.82) is 0 Å². The second kappa shape index (κ2) is 7.27. The molecule has 0 unspecified atom stereocenters. The van der Waals surface area contributed by atoms with Crippen LogP contribution in [-0.4, -0.2) is 21.0 Å². The van der Waals surface area contributed by atoms with Gasteiger partial charge in [0.1, 0.15) is 0 Å². The van der Waals surface area contributed by atoms with Crippen molar-refractivity contribution in [2.75, 3.05) is 11.3 Å². The van der Waals surface area contributed by atoms with Gasteiger partial charge >= 0.3 is 5.97 Å². The Kier molecular flexibility index (Phi) is 5.52. The molecule has 1 N–H and O–H groups in total. The van der Waals surface area contributed by atoms with Crippen molar-refractivity contribution in [2.24, 2.45) is 0 Å². The van der Waals surface area contributed by atoms with Gasteiger partial charge in [-0.15, -0.1) is 0 Å². The van der Waals surface area contributed by atoms with E-state index in [0.717, 1.165) is 11.1 Å². The molecule has 6 heteroatoms. The van der Waals surface area contributed by atoms with Crippen molar-refractivity contribution in [3.8, 4) is 0 Å². The largest absolute Gasteiger partial charge is 0.462 e. The van der Waals surface area contributed by atoms with Gasteiger partial charge in [0, 0.05) is 0 Å². The molecule has 2 aromatic rings. The maximum Gasteiger partial charge on any atom is 0.338 e. The molecule has 0 spiro atoms. The smallest absolute Gasteiger partial charge is 0.338 e. The number of sulfonamides is 1. The van der Waals surface area contributed by atoms with Gasteiger partial charge in [-0.3, -0.25) is 4.72 Å². The molecule has 5 nitrogen and oxygen atoms in total. The summed E-state index contributed by atoms with van der Waals surface area (Å²) < 4.78 is 33.4. The number of rotatable bonds is 5. The summed E-state index contributed by atoms with van der Waals surface area (Å²) in [5.41, 5.74) is 3.77. The first-order chi connectivity index (χ1) is 11.7. The molecule has 0 heterocycles. The zero-order chi connectivity index (χ0) is 18.8. The lowest BCUT2D eigenvalue weighted by Crippen LogP contribution is -2.17. The van der Waals surface area contributed by atoms with Crippen LogP contribution >= 0.6 is 0 Å². The average molecular weight is 361 g/mol. The molecule has 0 saturated carbocycles. The molecule has 0 radical (unpaired) electrons. The first-order valence-corrected chi connectivity index (χ1v) is 9.52. The standard InChI is InChI=1S/C19H23NO4S/c1-6-24-19(21)16-8-7-13(3)17(11-16)20-25(22,23)18-14(4)9-12(2)10-15(18)5/h7-11,20H,6H2,1-5H3. The quantitative estimate of drug-likeness (QED) is 0.820. The van der Waals surface area contributed by atoms with Crippen molar-refractivity contribution in [3.63, 3.8) is 0 Å². The maximum absolute atomic E-state index is 12.9. The number of hydrogen-bond donors (Lipinski definition) is 1. The van der Waals surface area contributed by atoms with Gasteiger partial charge in [-0.05, 0) is 63.4 Å². The molecule has 0 aromatic heterocycles. The van der Waals surface area contributed by atoms with Crippen LogP contribution in [0.5, 0.6) is 0 Å². The Balaban J connectivity index is 2.45. The average Bonchev–Trinajstić information content (AvgIpc) is 2.48. The van der Waals surface area contributed by atoms with Crippen molar-refractivity contribution < 1.29 is 17.9 Å². The number of nitrogens with one attached hydrogen (secondary N) is 1. The van der Waals surface area contributed by atoms with Crippen LogP contribution in [0.2, 0.25) is 0 Å². The second-order valence-corrected chi connectivity index (χ2v) is 7.70. The molecule has 0 amide bonds. The van der Waals surface area contributed by atoms with Crippen molar-refractivity contribution in [1.82, 2.24) is 0 Å². The lowest BCUT2D eigenvalue weighted by atomic mass is 10.1. The summed E-state index contributed by atoms with van der Waals surface area (Å²) in [5, 5.41) is 0. The summed E-state index contributed by atoms with van der Waals surface area (Å²) in [6.45, 7) is 9.24. The lowest BCUT2D eigenvalue weighted by Gasteiger charge is -2.16. The van der Waals surface area contributed by atoms with Crippen LogP contribution in [-0.2, 0) is 14.8 Å². The molecule has 0 aliphatic heterocycles. The number of esters is 1. The molecule has 0 saturated heterocycles. The number of carbonyl (C=O) groups excluding carboxylic acids is 1. The predicted octanol–water partition coefficient (Wildman–Crippen LogP) is 3.90. The van der Waals surface area contributed by atoms with Crippen LogP contribution in [0.25, 0.3) is 0 Å². The number of anilines is 1. The molecular weight excluding hydrogens is 338 g/mol. The molecule has 0 aliphatic rings. The second-order valence-electron chi connectivity index (χ2n) is 6.08. The fraction of sp³-hybridized carbons (Fsp3) is 0.316. The van der Waals surface area contributed by atoms with Gasteiger partial charge in [-0.25, -0.2) is 13.2 Å². The molecule has 2 rings (SSSR count). The van der Waals surface area contributed by atoms with E-state index in [0.29, 0.717) is 22.4 Å². The Hall–Kier alpha value is -2.34. The van der Waals surface area contributed by atoms with E-state index in [1.807, 2.05) is 19.1 Å². The third-order valence-corrected chi connectivity index (χ3v) is 5.54. The van der Waals surface area contributed by atoms with E-state index in [1.54, 1.807) is 39.8 Å². The highest BCUT2D eigenvalue weighted by molar-refractivity contribution is 7.92. The van der Waals surface area contributed by atoms with Gasteiger partial charge in [-0.2, -0.15) is 0 Å². The predicted molar refractivity (Wildman–Crippen MR) is 98.6 cm³/mol. The fourth-order valence-corrected chi connectivity index (χ4v) is 4.44. The number of ether oxygens (including phenoxy) is 1. The molecule has 0 atom stereocenters. The molecule has 0 aliphatic carbocycles. The Morgan fingerprint density at radius 1 is 1.00 bits per heavy atom. The molecule has 0 fully saturated rings. The third kappa shape index (κ3) is 4.20. The number of carbonyl (C=O) groups is 1. The Morgan fingerprint density at radius 3 is 2.16 bits per heavy atom. The minimum Gasteiger partial charge on any atom is -0.462 e. The lowest BCUT2D eigenvalue weighted by molar-refractivity contribution is 0.0526. The summed E-state index contributed by atoms with van der Waals surface area (Å²) in [6.07, 6.45) is 0. The highest BCUT2D eigenvalue weighted by atomic mass is 32.2. The monoisotopic (exact) mass is 361 g/mol. The summed E-state index contributed by atoms with van der Waals surface area (Å²) in [5.74, 6) is -0.481. The van der Waals surface area contributed by atoms with Crippen molar-refractivity contribution in [2.45, 2.75) is 39.5 Å². The zero-order valence-electron chi connectivity index (χ0n) is 15.1. The summed E-state index contributed by atoms with van der Waals surface area (Å²) in [7, 11) is -3.77. The van der Waals surface area contributed by atoms with Crippen LogP contribution in [0.1, 0.15) is 39.5 Å². The SMILES string of the molecule is CCOC(=O)c1ccc(C)c(NS(=O)(=O)c2c(C)cc(C)cc2C)c1. The Morgan fingerprint density at radius 2 is 1.60 bits per heavy atom. The van der Waals surface area contributed by atoms with E-state index in [-0.39, 0.29) is 11.5 Å². The van der Waals surface area contributed by atoms with Gasteiger partial charge in [-0.1, -0.05) is 23.8 Å². The van der Waals surface area contributed by atoms with E-state index < -0.39 is 16.0 Å². The summed E-state index contributed by atoms with van der Waals surface area (Å²) in [6, 6.07) is 8.49. The van der Waals surface area contributed by atoms with Crippen LogP contribution < -0.4 is 4.72 Å².